The lowest BCUT2D eigenvalue weighted by Gasteiger charge is -2.14. The van der Waals surface area contributed by atoms with E-state index >= 15 is 0 Å². The van der Waals surface area contributed by atoms with Gasteiger partial charge in [0.05, 0.1) is 35.9 Å². The molecule has 1 heterocycles. The molecule has 3 aromatic rings. The van der Waals surface area contributed by atoms with Crippen LogP contribution >= 0.6 is 23.4 Å². The van der Waals surface area contributed by atoms with Crippen LogP contribution in [0.4, 0.5) is 10.1 Å². The van der Waals surface area contributed by atoms with Gasteiger partial charge in [0.2, 0.25) is 0 Å². The molecule has 0 N–H and O–H groups in total. The lowest BCUT2D eigenvalue weighted by Crippen LogP contribution is -2.32. The van der Waals surface area contributed by atoms with Gasteiger partial charge in [0.1, 0.15) is 12.4 Å². The number of nitrogens with zero attached hydrogens (tertiary/aromatic N) is 2. The Hall–Kier alpha value is -3.33. The molecule has 1 aliphatic heterocycles. The average Bonchev–Trinajstić information content (AvgIpc) is 3.16. The van der Waals surface area contributed by atoms with E-state index in [1.54, 1.807) is 42.4 Å². The van der Waals surface area contributed by atoms with Crippen LogP contribution in [-0.4, -0.2) is 43.3 Å². The van der Waals surface area contributed by atoms with Gasteiger partial charge in [-0.1, -0.05) is 41.9 Å². The molecule has 9 heteroatoms. The molecule has 1 fully saturated rings. The molecule has 0 spiro atoms. The number of thioether (sulfide) groups is 1. The molecule has 0 radical (unpaired) electrons. The zero-order chi connectivity index (χ0) is 25.5. The van der Waals surface area contributed by atoms with Crippen molar-refractivity contribution in [3.05, 3.63) is 93.6 Å². The van der Waals surface area contributed by atoms with Crippen LogP contribution in [-0.2, 0) is 16.1 Å². The molecular formula is C27H24ClFN2O4S. The summed E-state index contributed by atoms with van der Waals surface area (Å²) in [4.78, 5) is 19.9. The lowest BCUT2D eigenvalue weighted by molar-refractivity contribution is -0.122. The second kappa shape index (κ2) is 12.1. The third kappa shape index (κ3) is 6.26. The first-order valence-electron chi connectivity index (χ1n) is 11.1. The molecule has 3 aromatic carbocycles. The Kier molecular flexibility index (Phi) is 8.64. The molecule has 0 saturated carbocycles. The van der Waals surface area contributed by atoms with Gasteiger partial charge in [-0.25, -0.2) is 9.38 Å². The van der Waals surface area contributed by atoms with Gasteiger partial charge in [0.25, 0.3) is 5.91 Å². The molecule has 0 aliphatic carbocycles. The van der Waals surface area contributed by atoms with E-state index in [0.717, 1.165) is 11.3 Å². The van der Waals surface area contributed by atoms with Crippen molar-refractivity contribution in [1.29, 1.82) is 0 Å². The summed E-state index contributed by atoms with van der Waals surface area (Å²) in [5, 5.41) is 0.903. The van der Waals surface area contributed by atoms with Gasteiger partial charge in [-0.3, -0.25) is 9.69 Å². The van der Waals surface area contributed by atoms with E-state index in [2.05, 4.69) is 4.99 Å². The highest BCUT2D eigenvalue weighted by molar-refractivity contribution is 8.18. The first-order valence-corrected chi connectivity index (χ1v) is 12.3. The number of rotatable bonds is 9. The van der Waals surface area contributed by atoms with Crippen LogP contribution in [0.2, 0.25) is 5.02 Å². The van der Waals surface area contributed by atoms with Gasteiger partial charge in [-0.2, -0.15) is 0 Å². The summed E-state index contributed by atoms with van der Waals surface area (Å²) < 4.78 is 29.7. The van der Waals surface area contributed by atoms with Gasteiger partial charge >= 0.3 is 0 Å². The number of amidine groups is 1. The summed E-state index contributed by atoms with van der Waals surface area (Å²) in [6.07, 6.45) is 1.75. The first-order chi connectivity index (χ1) is 17.5. The van der Waals surface area contributed by atoms with Crippen LogP contribution in [0.3, 0.4) is 0 Å². The third-order valence-electron chi connectivity index (χ3n) is 5.23. The number of aliphatic imine (C=N–C) groups is 1. The molecule has 0 unspecified atom stereocenters. The third-order valence-corrected chi connectivity index (χ3v) is 6.52. The molecule has 1 saturated heterocycles. The van der Waals surface area contributed by atoms with Crippen molar-refractivity contribution in [2.45, 2.75) is 6.61 Å². The summed E-state index contributed by atoms with van der Waals surface area (Å²) in [6.45, 7) is 0.956. The van der Waals surface area contributed by atoms with E-state index in [-0.39, 0.29) is 18.3 Å². The zero-order valence-corrected chi connectivity index (χ0v) is 21.3. The van der Waals surface area contributed by atoms with Gasteiger partial charge in [-0.15, -0.1) is 0 Å². The summed E-state index contributed by atoms with van der Waals surface area (Å²) in [5.41, 5.74) is 2.22. The largest absolute Gasteiger partial charge is 0.493 e. The molecule has 0 atom stereocenters. The summed E-state index contributed by atoms with van der Waals surface area (Å²) in [6, 6.07) is 18.9. The van der Waals surface area contributed by atoms with Crippen molar-refractivity contribution < 1.29 is 23.4 Å². The second-order valence-corrected chi connectivity index (χ2v) is 9.16. The van der Waals surface area contributed by atoms with E-state index in [1.807, 2.05) is 30.3 Å². The normalized spacial score (nSPS) is 15.7. The van der Waals surface area contributed by atoms with Gasteiger partial charge in [0, 0.05) is 7.11 Å². The molecule has 0 bridgehead atoms. The number of carbonyl (C=O) groups excluding carboxylic acids is 1. The van der Waals surface area contributed by atoms with Crippen LogP contribution in [0, 0.1) is 5.82 Å². The lowest BCUT2D eigenvalue weighted by atomic mass is 10.1. The Bertz CT molecular complexity index is 1280. The Morgan fingerprint density at radius 3 is 2.53 bits per heavy atom. The number of ether oxygens (including phenoxy) is 3. The quantitative estimate of drug-likeness (QED) is 0.305. The Labute approximate surface area is 218 Å². The predicted molar refractivity (Wildman–Crippen MR) is 141 cm³/mol. The van der Waals surface area contributed by atoms with Gasteiger partial charge in [-0.05, 0) is 65.4 Å². The molecule has 36 heavy (non-hydrogen) atoms. The van der Waals surface area contributed by atoms with E-state index < -0.39 is 0 Å². The number of amides is 1. The highest BCUT2D eigenvalue weighted by atomic mass is 35.5. The fourth-order valence-electron chi connectivity index (χ4n) is 3.43. The van der Waals surface area contributed by atoms with Crippen molar-refractivity contribution in [3.63, 3.8) is 0 Å². The molecule has 1 aliphatic rings. The maximum Gasteiger partial charge on any atom is 0.266 e. The highest BCUT2D eigenvalue weighted by Gasteiger charge is 2.33. The van der Waals surface area contributed by atoms with Crippen molar-refractivity contribution in [1.82, 2.24) is 4.90 Å². The minimum atomic E-state index is -0.316. The van der Waals surface area contributed by atoms with E-state index in [1.165, 1.54) is 31.0 Å². The molecule has 0 aromatic heterocycles. The average molecular weight is 527 g/mol. The Morgan fingerprint density at radius 1 is 1.08 bits per heavy atom. The number of benzene rings is 3. The molecule has 4 rings (SSSR count). The molecule has 186 valence electrons. The molecule has 1 amide bonds. The highest BCUT2D eigenvalue weighted by Crippen LogP contribution is 2.39. The minimum absolute atomic E-state index is 0.168. The van der Waals surface area contributed by atoms with Crippen LogP contribution in [0.1, 0.15) is 11.1 Å². The first kappa shape index (κ1) is 25.8. The van der Waals surface area contributed by atoms with E-state index in [0.29, 0.717) is 45.3 Å². The summed E-state index contributed by atoms with van der Waals surface area (Å²) >= 11 is 7.81. The van der Waals surface area contributed by atoms with E-state index in [9.17, 15) is 9.18 Å². The monoisotopic (exact) mass is 526 g/mol. The van der Waals surface area contributed by atoms with Crippen LogP contribution in [0.15, 0.2) is 76.6 Å². The molecular weight excluding hydrogens is 503 g/mol. The number of hydrogen-bond acceptors (Lipinski definition) is 6. The van der Waals surface area contributed by atoms with Crippen molar-refractivity contribution >= 4 is 46.2 Å². The Balaban J connectivity index is 1.59. The fourth-order valence-corrected chi connectivity index (χ4v) is 4.73. The summed E-state index contributed by atoms with van der Waals surface area (Å²) in [7, 11) is 3.10. The van der Waals surface area contributed by atoms with Crippen molar-refractivity contribution in [2.75, 3.05) is 27.4 Å². The Morgan fingerprint density at radius 2 is 1.83 bits per heavy atom. The number of para-hydroxylation sites is 1. The van der Waals surface area contributed by atoms with Gasteiger partial charge < -0.3 is 14.2 Å². The maximum absolute atomic E-state index is 13.2. The maximum atomic E-state index is 13.2. The standard InChI is InChI=1S/C27H24ClFN2O4S/c1-33-13-12-31-26(32)24(36-27(31)30-21-6-4-3-5-7-21)16-19-14-22(28)25(23(15-19)34-2)35-17-18-8-10-20(29)11-9-18/h3-11,14-16H,12-13,17H2,1-2H3/b24-16+,30-27?. The van der Waals surface area contributed by atoms with Gasteiger partial charge in [0.15, 0.2) is 16.7 Å². The fraction of sp³-hybridized carbons (Fsp3) is 0.185. The second-order valence-electron chi connectivity index (χ2n) is 7.74. The smallest absolute Gasteiger partial charge is 0.266 e. The van der Waals surface area contributed by atoms with Crippen molar-refractivity contribution in [3.8, 4) is 11.5 Å². The number of methoxy groups -OCH3 is 2. The zero-order valence-electron chi connectivity index (χ0n) is 19.7. The predicted octanol–water partition coefficient (Wildman–Crippen LogP) is 6.32. The topological polar surface area (TPSA) is 60.4 Å². The van der Waals surface area contributed by atoms with E-state index in [4.69, 9.17) is 25.8 Å². The number of carbonyl (C=O) groups is 1. The minimum Gasteiger partial charge on any atom is -0.493 e. The van der Waals surface area contributed by atoms with Crippen molar-refractivity contribution in [2.24, 2.45) is 4.99 Å². The SMILES string of the molecule is COCCN1C(=O)/C(=C\c2cc(Cl)c(OCc3ccc(F)cc3)c(OC)c2)SC1=Nc1ccccc1. The molecule has 6 nitrogen and oxygen atoms in total. The van der Waals surface area contributed by atoms with Crippen LogP contribution < -0.4 is 9.47 Å². The van der Waals surface area contributed by atoms with Crippen LogP contribution in [0.25, 0.3) is 6.08 Å². The number of hydrogen-bond donors (Lipinski definition) is 0. The number of halogens is 2. The van der Waals surface area contributed by atoms with Crippen LogP contribution in [0.5, 0.6) is 11.5 Å². The summed E-state index contributed by atoms with van der Waals surface area (Å²) in [5.74, 6) is 0.299.